The second kappa shape index (κ2) is 7.01. The Morgan fingerprint density at radius 3 is 2.53 bits per heavy atom. The minimum Gasteiger partial charge on any atom is -0.478 e. The fourth-order valence-corrected chi connectivity index (χ4v) is 1.55. The van der Waals surface area contributed by atoms with Crippen LogP contribution in [0.3, 0.4) is 0 Å². The second-order valence-electron chi connectivity index (χ2n) is 3.96. The van der Waals surface area contributed by atoms with E-state index in [-0.39, 0.29) is 6.04 Å². The average molecular weight is 237 g/mol. The Bertz CT molecular complexity index is 351. The molecule has 0 heterocycles. The van der Waals surface area contributed by atoms with E-state index >= 15 is 0 Å². The van der Waals surface area contributed by atoms with Crippen LogP contribution < -0.4 is 16.8 Å². The molecule has 1 rings (SSSR count). The van der Waals surface area contributed by atoms with E-state index in [2.05, 4.69) is 5.32 Å². The van der Waals surface area contributed by atoms with E-state index in [0.717, 1.165) is 18.5 Å². The smallest absolute Gasteiger partial charge is 0.335 e. The highest BCUT2D eigenvalue weighted by molar-refractivity contribution is 5.87. The van der Waals surface area contributed by atoms with Crippen molar-refractivity contribution in [2.45, 2.75) is 12.5 Å². The third-order valence-electron chi connectivity index (χ3n) is 2.43. The first-order valence-electron chi connectivity index (χ1n) is 5.62. The van der Waals surface area contributed by atoms with Crippen LogP contribution in [0.25, 0.3) is 0 Å². The summed E-state index contributed by atoms with van der Waals surface area (Å²) >= 11 is 0. The normalized spacial score (nSPS) is 12.4. The highest BCUT2D eigenvalue weighted by Gasteiger charge is 2.05. The van der Waals surface area contributed by atoms with E-state index < -0.39 is 5.97 Å². The van der Waals surface area contributed by atoms with Crippen LogP contribution in [0, 0.1) is 0 Å². The van der Waals surface area contributed by atoms with Crippen molar-refractivity contribution < 1.29 is 9.90 Å². The number of aromatic carboxylic acids is 1. The van der Waals surface area contributed by atoms with Gasteiger partial charge in [0.1, 0.15) is 0 Å². The molecule has 0 saturated heterocycles. The molecule has 5 heteroatoms. The summed E-state index contributed by atoms with van der Waals surface area (Å²) in [4.78, 5) is 10.7. The van der Waals surface area contributed by atoms with E-state index in [1.165, 1.54) is 0 Å². The van der Waals surface area contributed by atoms with Gasteiger partial charge in [0.25, 0.3) is 0 Å². The zero-order chi connectivity index (χ0) is 12.7. The molecule has 0 spiro atoms. The van der Waals surface area contributed by atoms with Crippen molar-refractivity contribution in [1.29, 1.82) is 0 Å². The summed E-state index contributed by atoms with van der Waals surface area (Å²) in [5, 5.41) is 11.9. The summed E-state index contributed by atoms with van der Waals surface area (Å²) in [6.45, 7) is 2.06. The Kier molecular flexibility index (Phi) is 5.62. The van der Waals surface area contributed by atoms with Crippen LogP contribution in [-0.4, -0.2) is 36.8 Å². The number of nitrogens with two attached hydrogens (primary N) is 2. The summed E-state index contributed by atoms with van der Waals surface area (Å²) < 4.78 is 0. The van der Waals surface area contributed by atoms with E-state index in [9.17, 15) is 4.79 Å². The quantitative estimate of drug-likeness (QED) is 0.492. The van der Waals surface area contributed by atoms with Crippen LogP contribution in [0.1, 0.15) is 15.9 Å². The molecule has 0 aliphatic carbocycles. The van der Waals surface area contributed by atoms with Gasteiger partial charge in [0, 0.05) is 25.7 Å². The van der Waals surface area contributed by atoms with Crippen molar-refractivity contribution in [1.82, 2.24) is 5.32 Å². The molecule has 94 valence electrons. The summed E-state index contributed by atoms with van der Waals surface area (Å²) in [7, 11) is 0. The molecule has 5 nitrogen and oxygen atoms in total. The van der Waals surface area contributed by atoms with Gasteiger partial charge in [0.05, 0.1) is 5.56 Å². The number of carboxylic acid groups (broad SMARTS) is 1. The van der Waals surface area contributed by atoms with Crippen molar-refractivity contribution in [3.05, 3.63) is 35.4 Å². The standard InChI is InChI=1S/C12H19N3O2/c13-5-6-15-8-11(14)7-9-1-3-10(4-2-9)12(16)17/h1-4,11,15H,5-8,13-14H2,(H,16,17). The van der Waals surface area contributed by atoms with Crippen molar-refractivity contribution in [2.75, 3.05) is 19.6 Å². The van der Waals surface area contributed by atoms with Crippen molar-refractivity contribution in [2.24, 2.45) is 11.5 Å². The largest absolute Gasteiger partial charge is 0.478 e. The van der Waals surface area contributed by atoms with Gasteiger partial charge >= 0.3 is 5.97 Å². The topological polar surface area (TPSA) is 101 Å². The first kappa shape index (κ1) is 13.6. The molecule has 1 atom stereocenters. The third-order valence-corrected chi connectivity index (χ3v) is 2.43. The monoisotopic (exact) mass is 237 g/mol. The van der Waals surface area contributed by atoms with Gasteiger partial charge < -0.3 is 21.9 Å². The zero-order valence-corrected chi connectivity index (χ0v) is 9.73. The molecule has 17 heavy (non-hydrogen) atoms. The summed E-state index contributed by atoms with van der Waals surface area (Å²) in [6.07, 6.45) is 0.720. The van der Waals surface area contributed by atoms with Crippen LogP contribution in [0.4, 0.5) is 0 Å². The van der Waals surface area contributed by atoms with Crippen LogP contribution in [0.5, 0.6) is 0 Å². The van der Waals surface area contributed by atoms with Crippen molar-refractivity contribution in [3.63, 3.8) is 0 Å². The highest BCUT2D eigenvalue weighted by Crippen LogP contribution is 2.06. The highest BCUT2D eigenvalue weighted by atomic mass is 16.4. The van der Waals surface area contributed by atoms with Crippen LogP contribution in [-0.2, 0) is 6.42 Å². The maximum Gasteiger partial charge on any atom is 0.335 e. The van der Waals surface area contributed by atoms with E-state index in [0.29, 0.717) is 18.7 Å². The fraction of sp³-hybridized carbons (Fsp3) is 0.417. The fourth-order valence-electron chi connectivity index (χ4n) is 1.55. The SMILES string of the molecule is NCCNCC(N)Cc1ccc(C(=O)O)cc1. The molecule has 0 aromatic heterocycles. The Balaban J connectivity index is 2.43. The summed E-state index contributed by atoms with van der Waals surface area (Å²) in [5.41, 5.74) is 12.6. The number of nitrogens with one attached hydrogen (secondary N) is 1. The number of hydrogen-bond donors (Lipinski definition) is 4. The van der Waals surface area contributed by atoms with Crippen molar-refractivity contribution in [3.8, 4) is 0 Å². The lowest BCUT2D eigenvalue weighted by Gasteiger charge is -2.12. The Labute approximate surface area is 101 Å². The lowest BCUT2D eigenvalue weighted by atomic mass is 10.0. The summed E-state index contributed by atoms with van der Waals surface area (Å²) in [6, 6.07) is 6.80. The third kappa shape index (κ3) is 4.95. The van der Waals surface area contributed by atoms with Gasteiger partial charge in [-0.15, -0.1) is 0 Å². The maximum absolute atomic E-state index is 10.7. The van der Waals surface area contributed by atoms with E-state index in [1.54, 1.807) is 24.3 Å². The summed E-state index contributed by atoms with van der Waals surface area (Å²) in [5.74, 6) is -0.912. The molecule has 0 bridgehead atoms. The molecule has 0 amide bonds. The van der Waals surface area contributed by atoms with Crippen LogP contribution in [0.2, 0.25) is 0 Å². The molecule has 0 aliphatic heterocycles. The molecule has 6 N–H and O–H groups in total. The predicted octanol–water partition coefficient (Wildman–Crippen LogP) is -0.197. The number of rotatable bonds is 7. The van der Waals surface area contributed by atoms with Gasteiger partial charge in [-0.05, 0) is 24.1 Å². The Hall–Kier alpha value is -1.43. The molecule has 1 aromatic rings. The zero-order valence-electron chi connectivity index (χ0n) is 9.73. The van der Waals surface area contributed by atoms with Crippen molar-refractivity contribution >= 4 is 5.97 Å². The average Bonchev–Trinajstić information content (AvgIpc) is 2.30. The van der Waals surface area contributed by atoms with Crippen LogP contribution in [0.15, 0.2) is 24.3 Å². The van der Waals surface area contributed by atoms with Gasteiger partial charge in [-0.3, -0.25) is 0 Å². The van der Waals surface area contributed by atoms with Crippen LogP contribution >= 0.6 is 0 Å². The molecule has 0 fully saturated rings. The minimum absolute atomic E-state index is 0.0113. The number of carboxylic acids is 1. The van der Waals surface area contributed by atoms with Gasteiger partial charge in [-0.25, -0.2) is 4.79 Å². The second-order valence-corrected chi connectivity index (χ2v) is 3.96. The lowest BCUT2D eigenvalue weighted by Crippen LogP contribution is -2.37. The number of benzene rings is 1. The Morgan fingerprint density at radius 2 is 2.00 bits per heavy atom. The lowest BCUT2D eigenvalue weighted by molar-refractivity contribution is 0.0697. The van der Waals surface area contributed by atoms with Gasteiger partial charge in [-0.2, -0.15) is 0 Å². The predicted molar refractivity (Wildman–Crippen MR) is 67.0 cm³/mol. The van der Waals surface area contributed by atoms with Gasteiger partial charge in [-0.1, -0.05) is 12.1 Å². The molecule has 0 saturated carbocycles. The molecule has 1 aromatic carbocycles. The number of carbonyl (C=O) groups is 1. The van der Waals surface area contributed by atoms with Gasteiger partial charge in [0.15, 0.2) is 0 Å². The molecule has 0 aliphatic rings. The Morgan fingerprint density at radius 1 is 1.35 bits per heavy atom. The molecule has 0 radical (unpaired) electrons. The molecular weight excluding hydrogens is 218 g/mol. The maximum atomic E-state index is 10.7. The van der Waals surface area contributed by atoms with Gasteiger partial charge in [0.2, 0.25) is 0 Å². The molecule has 1 unspecified atom stereocenters. The first-order valence-corrected chi connectivity index (χ1v) is 5.62. The van der Waals surface area contributed by atoms with E-state index in [1.807, 2.05) is 0 Å². The first-order chi connectivity index (χ1) is 8.13. The minimum atomic E-state index is -0.912. The van der Waals surface area contributed by atoms with E-state index in [4.69, 9.17) is 16.6 Å². The number of hydrogen-bond acceptors (Lipinski definition) is 4. The molecular formula is C12H19N3O2.